The minimum Gasteiger partial charge on any atom is -0.477 e. The summed E-state index contributed by atoms with van der Waals surface area (Å²) in [7, 11) is 0. The minimum atomic E-state index is -0.825. The summed E-state index contributed by atoms with van der Waals surface area (Å²) in [6.45, 7) is 5.54. The van der Waals surface area contributed by atoms with Crippen LogP contribution < -0.4 is 0 Å². The van der Waals surface area contributed by atoms with Crippen molar-refractivity contribution in [3.05, 3.63) is 24.0 Å². The number of aromatic nitrogens is 1. The van der Waals surface area contributed by atoms with Crippen LogP contribution in [0.1, 0.15) is 42.7 Å². The molecule has 5 heteroatoms. The Balaban J connectivity index is 1.79. The summed E-state index contributed by atoms with van der Waals surface area (Å²) in [6.07, 6.45) is 5.26. The highest BCUT2D eigenvalue weighted by atomic mass is 32.2. The van der Waals surface area contributed by atoms with Crippen molar-refractivity contribution in [3.8, 4) is 0 Å². The topological polar surface area (TPSA) is 45.5 Å². The van der Waals surface area contributed by atoms with Crippen molar-refractivity contribution in [2.75, 3.05) is 31.1 Å². The average molecular weight is 296 g/mol. The molecule has 1 aromatic heterocycles. The van der Waals surface area contributed by atoms with Crippen molar-refractivity contribution in [2.45, 2.75) is 32.2 Å². The fraction of sp³-hybridized carbons (Fsp3) is 0.667. The largest absolute Gasteiger partial charge is 0.477 e. The number of hydrogen-bond donors (Lipinski definition) is 1. The SMILES string of the molecule is CCSCCCN1CCC(n2cccc2C(=O)O)CC1. The lowest BCUT2D eigenvalue weighted by molar-refractivity contribution is 0.0678. The van der Waals surface area contributed by atoms with Gasteiger partial charge in [-0.25, -0.2) is 4.79 Å². The van der Waals surface area contributed by atoms with Crippen LogP contribution in [-0.2, 0) is 0 Å². The molecule has 1 aliphatic rings. The van der Waals surface area contributed by atoms with Crippen molar-refractivity contribution in [2.24, 2.45) is 0 Å². The second-order valence-corrected chi connectivity index (χ2v) is 6.62. The third-order valence-corrected chi connectivity index (χ3v) is 4.90. The molecule has 1 fully saturated rings. The van der Waals surface area contributed by atoms with Crippen LogP contribution in [0.3, 0.4) is 0 Å². The summed E-state index contributed by atoms with van der Waals surface area (Å²) >= 11 is 2.00. The van der Waals surface area contributed by atoms with Gasteiger partial charge in [-0.3, -0.25) is 0 Å². The number of rotatable bonds is 7. The number of thioether (sulfide) groups is 1. The van der Waals surface area contributed by atoms with E-state index >= 15 is 0 Å². The number of aromatic carboxylic acids is 1. The number of carboxylic acid groups (broad SMARTS) is 1. The Kier molecular flexibility index (Phi) is 5.98. The van der Waals surface area contributed by atoms with Crippen LogP contribution in [0.25, 0.3) is 0 Å². The predicted octanol–water partition coefficient (Wildman–Crippen LogP) is 2.97. The van der Waals surface area contributed by atoms with Gasteiger partial charge in [0.1, 0.15) is 5.69 Å². The number of carbonyl (C=O) groups is 1. The maximum Gasteiger partial charge on any atom is 0.352 e. The first kappa shape index (κ1) is 15.4. The molecule has 2 rings (SSSR count). The van der Waals surface area contributed by atoms with E-state index in [1.165, 1.54) is 24.5 Å². The third kappa shape index (κ3) is 4.03. The molecule has 1 aromatic rings. The molecule has 0 bridgehead atoms. The Morgan fingerprint density at radius 2 is 2.20 bits per heavy atom. The zero-order valence-corrected chi connectivity index (χ0v) is 12.9. The van der Waals surface area contributed by atoms with Gasteiger partial charge in [0.15, 0.2) is 0 Å². The highest BCUT2D eigenvalue weighted by molar-refractivity contribution is 7.99. The Morgan fingerprint density at radius 3 is 2.85 bits per heavy atom. The van der Waals surface area contributed by atoms with Gasteiger partial charge in [-0.1, -0.05) is 6.92 Å². The molecule has 4 nitrogen and oxygen atoms in total. The predicted molar refractivity (Wildman–Crippen MR) is 83.7 cm³/mol. The lowest BCUT2D eigenvalue weighted by atomic mass is 10.0. The number of carboxylic acids is 1. The third-order valence-electron chi connectivity index (χ3n) is 3.92. The smallest absolute Gasteiger partial charge is 0.352 e. The lowest BCUT2D eigenvalue weighted by Gasteiger charge is -2.33. The van der Waals surface area contributed by atoms with Crippen LogP contribution in [0.2, 0.25) is 0 Å². The van der Waals surface area contributed by atoms with E-state index in [0.717, 1.165) is 25.9 Å². The zero-order chi connectivity index (χ0) is 14.4. The number of nitrogens with zero attached hydrogens (tertiary/aromatic N) is 2. The van der Waals surface area contributed by atoms with Gasteiger partial charge in [0.2, 0.25) is 0 Å². The lowest BCUT2D eigenvalue weighted by Crippen LogP contribution is -2.35. The first-order valence-corrected chi connectivity index (χ1v) is 8.58. The van der Waals surface area contributed by atoms with E-state index in [1.54, 1.807) is 6.07 Å². The van der Waals surface area contributed by atoms with Gasteiger partial charge >= 0.3 is 5.97 Å². The van der Waals surface area contributed by atoms with Crippen LogP contribution in [0, 0.1) is 0 Å². The molecule has 1 N–H and O–H groups in total. The van der Waals surface area contributed by atoms with E-state index in [2.05, 4.69) is 11.8 Å². The van der Waals surface area contributed by atoms with Crippen LogP contribution >= 0.6 is 11.8 Å². The molecule has 0 saturated carbocycles. The Bertz CT molecular complexity index is 425. The maximum atomic E-state index is 11.2. The van der Waals surface area contributed by atoms with Crippen LogP contribution in [-0.4, -0.2) is 51.7 Å². The van der Waals surface area contributed by atoms with Gasteiger partial charge in [0.05, 0.1) is 0 Å². The summed E-state index contributed by atoms with van der Waals surface area (Å²) in [5.74, 6) is 1.62. The highest BCUT2D eigenvalue weighted by Crippen LogP contribution is 2.24. The first-order chi connectivity index (χ1) is 9.72. The molecule has 0 spiro atoms. The van der Waals surface area contributed by atoms with Gasteiger partial charge in [0, 0.05) is 25.3 Å². The summed E-state index contributed by atoms with van der Waals surface area (Å²) in [6, 6.07) is 3.87. The number of hydrogen-bond acceptors (Lipinski definition) is 3. The van der Waals surface area contributed by atoms with Crippen molar-refractivity contribution in [1.29, 1.82) is 0 Å². The molecular weight excluding hydrogens is 272 g/mol. The second kappa shape index (κ2) is 7.74. The maximum absolute atomic E-state index is 11.2. The summed E-state index contributed by atoms with van der Waals surface area (Å²) < 4.78 is 1.94. The van der Waals surface area contributed by atoms with E-state index in [-0.39, 0.29) is 0 Å². The molecule has 0 radical (unpaired) electrons. The molecule has 1 aliphatic heterocycles. The van der Waals surface area contributed by atoms with Gasteiger partial charge in [-0.2, -0.15) is 11.8 Å². The fourth-order valence-electron chi connectivity index (χ4n) is 2.85. The summed E-state index contributed by atoms with van der Waals surface area (Å²) in [5.41, 5.74) is 0.419. The monoisotopic (exact) mass is 296 g/mol. The molecule has 0 aromatic carbocycles. The van der Waals surface area contributed by atoms with Crippen LogP contribution in [0.15, 0.2) is 18.3 Å². The molecule has 1 saturated heterocycles. The van der Waals surface area contributed by atoms with E-state index in [0.29, 0.717) is 11.7 Å². The zero-order valence-electron chi connectivity index (χ0n) is 12.1. The second-order valence-electron chi connectivity index (χ2n) is 5.23. The van der Waals surface area contributed by atoms with Gasteiger partial charge in [-0.05, 0) is 49.4 Å². The Hall–Kier alpha value is -0.940. The number of piperidine rings is 1. The Morgan fingerprint density at radius 1 is 1.45 bits per heavy atom. The molecule has 0 amide bonds. The van der Waals surface area contributed by atoms with Crippen LogP contribution in [0.5, 0.6) is 0 Å². The molecular formula is C15H24N2O2S. The van der Waals surface area contributed by atoms with E-state index in [1.807, 2.05) is 28.6 Å². The van der Waals surface area contributed by atoms with Crippen molar-refractivity contribution in [3.63, 3.8) is 0 Å². The van der Waals surface area contributed by atoms with E-state index < -0.39 is 5.97 Å². The molecule has 20 heavy (non-hydrogen) atoms. The van der Waals surface area contributed by atoms with E-state index in [4.69, 9.17) is 0 Å². The highest BCUT2D eigenvalue weighted by Gasteiger charge is 2.22. The molecule has 0 aliphatic carbocycles. The molecule has 2 heterocycles. The normalized spacial score (nSPS) is 17.4. The fourth-order valence-corrected chi connectivity index (χ4v) is 3.47. The quantitative estimate of drug-likeness (QED) is 0.786. The Labute approximate surface area is 125 Å². The van der Waals surface area contributed by atoms with Crippen molar-refractivity contribution >= 4 is 17.7 Å². The first-order valence-electron chi connectivity index (χ1n) is 7.42. The van der Waals surface area contributed by atoms with Gasteiger partial charge in [0.25, 0.3) is 0 Å². The van der Waals surface area contributed by atoms with Crippen molar-refractivity contribution < 1.29 is 9.90 Å². The minimum absolute atomic E-state index is 0.345. The summed E-state index contributed by atoms with van der Waals surface area (Å²) in [5, 5.41) is 9.17. The average Bonchev–Trinajstić information content (AvgIpc) is 2.94. The molecule has 0 atom stereocenters. The molecule has 0 unspecified atom stereocenters. The van der Waals surface area contributed by atoms with Crippen molar-refractivity contribution in [1.82, 2.24) is 9.47 Å². The van der Waals surface area contributed by atoms with E-state index in [9.17, 15) is 9.90 Å². The molecule has 112 valence electrons. The van der Waals surface area contributed by atoms with Crippen LogP contribution in [0.4, 0.5) is 0 Å². The summed E-state index contributed by atoms with van der Waals surface area (Å²) in [4.78, 5) is 13.7. The van der Waals surface area contributed by atoms with Gasteiger partial charge in [-0.15, -0.1) is 0 Å². The number of likely N-dealkylation sites (tertiary alicyclic amines) is 1. The standard InChI is InChI=1S/C15H24N2O2S/c1-2-20-12-4-8-16-10-6-13(7-11-16)17-9-3-5-14(17)15(18)19/h3,5,9,13H,2,4,6-8,10-12H2,1H3,(H,18,19). The van der Waals surface area contributed by atoms with Gasteiger partial charge < -0.3 is 14.6 Å².